The Balaban J connectivity index is 1.21. The van der Waals surface area contributed by atoms with E-state index in [0.29, 0.717) is 33.8 Å². The highest BCUT2D eigenvalue weighted by atomic mass is 16.3. The number of benzene rings is 8. The summed E-state index contributed by atoms with van der Waals surface area (Å²) < 4.78 is 131. The van der Waals surface area contributed by atoms with Gasteiger partial charge in [0.2, 0.25) is 0 Å². The van der Waals surface area contributed by atoms with E-state index in [1.165, 1.54) is 4.90 Å². The van der Waals surface area contributed by atoms with Crippen LogP contribution < -0.4 is 4.90 Å². The maximum absolute atomic E-state index is 9.54. The van der Waals surface area contributed by atoms with E-state index < -0.39 is 91.1 Å². The molecule has 0 aliphatic rings. The monoisotopic (exact) mass is 720 g/mol. The molecule has 0 radical (unpaired) electrons. The van der Waals surface area contributed by atoms with Crippen LogP contribution in [-0.2, 0) is 6.54 Å². The van der Waals surface area contributed by atoms with E-state index in [2.05, 4.69) is 0 Å². The Morgan fingerprint density at radius 1 is 0.491 bits per heavy atom. The summed E-state index contributed by atoms with van der Waals surface area (Å²) >= 11 is 0. The second-order valence-corrected chi connectivity index (χ2v) is 12.6. The van der Waals surface area contributed by atoms with Crippen LogP contribution in [0.2, 0.25) is 0 Å². The maximum Gasteiger partial charge on any atom is 0.164 e. The molecule has 0 fully saturated rings. The fraction of sp³-hybridized carbons (Fsp3) is 0.0200. The van der Waals surface area contributed by atoms with Crippen molar-refractivity contribution in [3.63, 3.8) is 0 Å². The topological polar surface area (TPSA) is 55.1 Å². The predicted octanol–water partition coefficient (Wildman–Crippen LogP) is 12.9. The van der Waals surface area contributed by atoms with Crippen LogP contribution in [0.15, 0.2) is 198 Å². The number of anilines is 2. The summed E-state index contributed by atoms with van der Waals surface area (Å²) in [6, 6.07) is 23.8. The van der Waals surface area contributed by atoms with E-state index in [1.54, 1.807) is 18.2 Å². The van der Waals surface area contributed by atoms with Gasteiger partial charge in [0, 0.05) is 50.8 Å². The SMILES string of the molecule is [2H]c1cc(N(Cc2c([2H])c([2H])c(-c3cc(-c4nc(-c5ccccc5)nc(-c5ccccc5)n4)c4c(c3)oc3ccccc34)c([2H])c2[2H])c2cc([2H])c([2H])c3c([2H])c([2H])c([2H])c([2H])c23)c([2H])c([2H])c1[2H]. The van der Waals surface area contributed by atoms with Crippen LogP contribution in [0.3, 0.4) is 0 Å². The number of hydrogen-bond acceptors (Lipinski definition) is 5. The second kappa shape index (κ2) is 13.9. The number of para-hydroxylation sites is 2. The molecule has 0 bridgehead atoms. The molecular formula is C50H34N4O. The second-order valence-electron chi connectivity index (χ2n) is 12.6. The Morgan fingerprint density at radius 3 is 1.95 bits per heavy atom. The molecule has 2 aromatic heterocycles. The Hall–Kier alpha value is -7.37. The molecule has 10 rings (SSSR count). The van der Waals surface area contributed by atoms with Gasteiger partial charge in [0.25, 0.3) is 0 Å². The summed E-state index contributed by atoms with van der Waals surface area (Å²) in [5.41, 5.74) is 2.20. The van der Waals surface area contributed by atoms with E-state index in [-0.39, 0.29) is 44.7 Å². The molecule has 260 valence electrons. The quantitative estimate of drug-likeness (QED) is 0.156. The number of furan rings is 1. The maximum atomic E-state index is 9.54. The van der Waals surface area contributed by atoms with Crippen LogP contribution in [0.5, 0.6) is 0 Å². The molecule has 5 nitrogen and oxygen atoms in total. The van der Waals surface area contributed by atoms with Crippen molar-refractivity contribution < 1.29 is 23.6 Å². The summed E-state index contributed by atoms with van der Waals surface area (Å²) in [6.45, 7) is -0.643. The minimum Gasteiger partial charge on any atom is -0.456 e. The van der Waals surface area contributed by atoms with Crippen molar-refractivity contribution in [1.29, 1.82) is 0 Å². The van der Waals surface area contributed by atoms with Gasteiger partial charge in [-0.3, -0.25) is 0 Å². The predicted molar refractivity (Wildman–Crippen MR) is 225 cm³/mol. The summed E-state index contributed by atoms with van der Waals surface area (Å²) in [5.74, 6) is 1.00. The van der Waals surface area contributed by atoms with E-state index >= 15 is 0 Å². The van der Waals surface area contributed by atoms with Crippen molar-refractivity contribution in [2.75, 3.05) is 4.90 Å². The average Bonchev–Trinajstić information content (AvgIpc) is 3.74. The number of hydrogen-bond donors (Lipinski definition) is 0. The molecular weight excluding hydrogens is 673 g/mol. The molecule has 0 spiro atoms. The molecule has 0 N–H and O–H groups in total. The third-order valence-electron chi connectivity index (χ3n) is 9.17. The van der Waals surface area contributed by atoms with Gasteiger partial charge in [0.15, 0.2) is 17.5 Å². The molecule has 8 aromatic carbocycles. The van der Waals surface area contributed by atoms with Crippen LogP contribution in [0.4, 0.5) is 11.4 Å². The molecule has 10 aromatic rings. The van der Waals surface area contributed by atoms with Gasteiger partial charge in [-0.05, 0) is 58.5 Å². The molecule has 0 atom stereocenters. The molecule has 55 heavy (non-hydrogen) atoms. The van der Waals surface area contributed by atoms with Gasteiger partial charge >= 0.3 is 0 Å². The highest BCUT2D eigenvalue weighted by Gasteiger charge is 2.20. The molecule has 2 heterocycles. The minimum absolute atomic E-state index is 0.113. The first-order valence-electron chi connectivity index (χ1n) is 24.3. The van der Waals surface area contributed by atoms with Crippen molar-refractivity contribution in [3.8, 4) is 45.3 Å². The van der Waals surface area contributed by atoms with Crippen LogP contribution >= 0.6 is 0 Å². The normalized spacial score (nSPS) is 14.9. The fourth-order valence-electron chi connectivity index (χ4n) is 6.60. The molecule has 0 aliphatic heterocycles. The van der Waals surface area contributed by atoms with Gasteiger partial charge in [-0.1, -0.05) is 157 Å². The zero-order valence-electron chi connectivity index (χ0n) is 42.8. The zero-order chi connectivity index (χ0) is 48.7. The number of aromatic nitrogens is 3. The van der Waals surface area contributed by atoms with Gasteiger partial charge in [0.1, 0.15) is 11.2 Å². The smallest absolute Gasteiger partial charge is 0.164 e. The number of fused-ring (bicyclic) bond motifs is 4. The van der Waals surface area contributed by atoms with Crippen molar-refractivity contribution in [2.24, 2.45) is 0 Å². The average molecular weight is 721 g/mol. The van der Waals surface area contributed by atoms with Crippen molar-refractivity contribution in [3.05, 3.63) is 199 Å². The highest BCUT2D eigenvalue weighted by molar-refractivity contribution is 6.13. The van der Waals surface area contributed by atoms with Crippen molar-refractivity contribution in [1.82, 2.24) is 15.0 Å². The van der Waals surface area contributed by atoms with E-state index in [9.17, 15) is 5.48 Å². The third-order valence-corrected chi connectivity index (χ3v) is 9.17. The first-order chi connectivity index (χ1) is 33.0. The molecule has 0 aliphatic carbocycles. The van der Waals surface area contributed by atoms with Crippen LogP contribution in [0.1, 0.15) is 24.8 Å². The summed E-state index contributed by atoms with van der Waals surface area (Å²) in [6.07, 6.45) is 0. The van der Waals surface area contributed by atoms with Gasteiger partial charge in [0.05, 0.1) is 19.2 Å². The molecule has 0 amide bonds. The van der Waals surface area contributed by atoms with E-state index in [1.807, 2.05) is 78.9 Å². The Labute approximate surface area is 338 Å². The largest absolute Gasteiger partial charge is 0.456 e. The molecule has 5 heteroatoms. The number of nitrogens with zero attached hydrogens (tertiary/aromatic N) is 4. The van der Waals surface area contributed by atoms with Crippen LogP contribution in [0, 0.1) is 0 Å². The molecule has 0 saturated carbocycles. The third kappa shape index (κ3) is 6.18. The first-order valence-corrected chi connectivity index (χ1v) is 17.3. The lowest BCUT2D eigenvalue weighted by Gasteiger charge is -2.27. The molecule has 0 unspecified atom stereocenters. The lowest BCUT2D eigenvalue weighted by atomic mass is 9.97. The first kappa shape index (κ1) is 20.8. The Kier molecular flexibility index (Phi) is 5.24. The van der Waals surface area contributed by atoms with Crippen LogP contribution in [-0.4, -0.2) is 15.0 Å². The molecule has 0 saturated heterocycles. The lowest BCUT2D eigenvalue weighted by molar-refractivity contribution is 0.669. The fourth-order valence-corrected chi connectivity index (χ4v) is 6.60. The summed E-state index contributed by atoms with van der Waals surface area (Å²) in [7, 11) is 0. The van der Waals surface area contributed by atoms with E-state index in [0.717, 1.165) is 28.6 Å². The van der Waals surface area contributed by atoms with Gasteiger partial charge in [-0.25, -0.2) is 15.0 Å². The minimum atomic E-state index is -0.667. The van der Waals surface area contributed by atoms with Gasteiger partial charge in [-0.15, -0.1) is 0 Å². The van der Waals surface area contributed by atoms with Crippen molar-refractivity contribution >= 4 is 44.1 Å². The summed E-state index contributed by atoms with van der Waals surface area (Å²) in [4.78, 5) is 16.0. The lowest BCUT2D eigenvalue weighted by Crippen LogP contribution is -2.16. The standard InChI is InChI=1S/C50H34N4O/c1-4-16-37(17-5-1)48-51-49(38-18-6-2-7-19-38)53-50(52-48)43-31-39(32-46-47(43)42-24-12-13-26-45(42)55-46)35-29-27-34(28-30-35)33-54(40-21-8-3-9-22-40)44-25-14-20-36-15-10-11-23-41(36)44/h1-32H,33H2/i3D,8D,9D,10D,11D,14D,15D,20D,21D,23D,27D,28D,29D,30D. The van der Waals surface area contributed by atoms with E-state index in [4.69, 9.17) is 33.1 Å². The summed E-state index contributed by atoms with van der Waals surface area (Å²) in [5, 5.41) is 0.784. The van der Waals surface area contributed by atoms with Crippen LogP contribution in [0.25, 0.3) is 78.0 Å². The van der Waals surface area contributed by atoms with Gasteiger partial charge < -0.3 is 9.32 Å². The van der Waals surface area contributed by atoms with Gasteiger partial charge in [-0.2, -0.15) is 0 Å². The zero-order valence-corrected chi connectivity index (χ0v) is 28.8. The Bertz CT molecular complexity index is 3690. The Morgan fingerprint density at radius 2 is 1.16 bits per heavy atom. The highest BCUT2D eigenvalue weighted by Crippen LogP contribution is 2.40. The van der Waals surface area contributed by atoms with Crippen molar-refractivity contribution in [2.45, 2.75) is 6.54 Å². The number of rotatable bonds is 8.